The summed E-state index contributed by atoms with van der Waals surface area (Å²) in [6.07, 6.45) is 3.32. The smallest absolute Gasteiger partial charge is 0.253 e. The Hall–Kier alpha value is -3.39. The molecule has 2 aromatic heterocycles. The van der Waals surface area contributed by atoms with E-state index < -0.39 is 0 Å². The molecule has 0 bridgehead atoms. The van der Waals surface area contributed by atoms with Crippen LogP contribution in [0.2, 0.25) is 0 Å². The van der Waals surface area contributed by atoms with Gasteiger partial charge in [-0.3, -0.25) is 9.69 Å². The molecule has 1 aliphatic heterocycles. The number of H-pyrrole nitrogens is 1. The van der Waals surface area contributed by atoms with Crippen molar-refractivity contribution >= 4 is 10.9 Å². The summed E-state index contributed by atoms with van der Waals surface area (Å²) in [5, 5.41) is 13.5. The zero-order chi connectivity index (χ0) is 22.1. The number of halogens is 1. The lowest BCUT2D eigenvalue weighted by Crippen LogP contribution is -2.38. The van der Waals surface area contributed by atoms with Crippen LogP contribution in [0.1, 0.15) is 47.8 Å². The van der Waals surface area contributed by atoms with Crippen LogP contribution in [0.3, 0.4) is 0 Å². The number of aromatic amines is 1. The topological polar surface area (TPSA) is 79.7 Å². The highest BCUT2D eigenvalue weighted by Crippen LogP contribution is 2.30. The zero-order valence-corrected chi connectivity index (χ0v) is 18.0. The van der Waals surface area contributed by atoms with Crippen molar-refractivity contribution in [1.29, 1.82) is 0 Å². The first-order chi connectivity index (χ1) is 15.6. The number of nitrogens with zero attached hydrogens (tertiary/aromatic N) is 5. The van der Waals surface area contributed by atoms with Crippen LogP contribution in [0.4, 0.5) is 4.39 Å². The lowest BCUT2D eigenvalue weighted by molar-refractivity contribution is 0.177. The van der Waals surface area contributed by atoms with Gasteiger partial charge in [-0.05, 0) is 78.0 Å². The standard InChI is InChI=1S/C24H25FN6O/c1-16-6-5-7-18-14-20(24(32)26-21(16)18)22(30-12-3-2-4-13-30)23-27-28-29-31(23)15-17-8-10-19(25)11-9-17/h5-11,14,22H,2-4,12-13,15H2,1H3,(H,26,32)/t22-/m0/s1. The van der Waals surface area contributed by atoms with E-state index in [1.54, 1.807) is 16.8 Å². The molecule has 32 heavy (non-hydrogen) atoms. The molecule has 0 amide bonds. The molecule has 0 saturated carbocycles. The fraction of sp³-hybridized carbons (Fsp3) is 0.333. The Kier molecular flexibility index (Phi) is 5.53. The molecular formula is C24H25FN6O. The Morgan fingerprint density at radius 3 is 2.66 bits per heavy atom. The number of hydrogen-bond donors (Lipinski definition) is 1. The Morgan fingerprint density at radius 2 is 1.88 bits per heavy atom. The highest BCUT2D eigenvalue weighted by molar-refractivity contribution is 5.82. The summed E-state index contributed by atoms with van der Waals surface area (Å²) < 4.78 is 15.1. The first-order valence-corrected chi connectivity index (χ1v) is 11.0. The number of pyridine rings is 1. The van der Waals surface area contributed by atoms with Crippen LogP contribution in [0, 0.1) is 12.7 Å². The van der Waals surface area contributed by atoms with Gasteiger partial charge in [0.1, 0.15) is 11.9 Å². The van der Waals surface area contributed by atoms with E-state index in [1.165, 1.54) is 18.6 Å². The van der Waals surface area contributed by atoms with Crippen LogP contribution in [-0.2, 0) is 6.54 Å². The molecule has 0 spiro atoms. The fourth-order valence-corrected chi connectivity index (χ4v) is 4.56. The third-order valence-corrected chi connectivity index (χ3v) is 6.22. The number of aromatic nitrogens is 5. The van der Waals surface area contributed by atoms with Gasteiger partial charge in [-0.1, -0.05) is 36.8 Å². The van der Waals surface area contributed by atoms with Gasteiger partial charge in [0.25, 0.3) is 5.56 Å². The summed E-state index contributed by atoms with van der Waals surface area (Å²) in [5.74, 6) is 0.337. The number of fused-ring (bicyclic) bond motifs is 1. The normalized spacial score (nSPS) is 15.8. The number of benzene rings is 2. The Balaban J connectivity index is 1.61. The molecule has 0 aliphatic carbocycles. The number of aryl methyl sites for hydroxylation is 1. The van der Waals surface area contributed by atoms with Gasteiger partial charge in [-0.25, -0.2) is 9.07 Å². The average molecular weight is 433 g/mol. The molecule has 1 atom stereocenters. The van der Waals surface area contributed by atoms with Gasteiger partial charge < -0.3 is 4.98 Å². The Labute approximate surface area is 184 Å². The minimum absolute atomic E-state index is 0.126. The lowest BCUT2D eigenvalue weighted by atomic mass is 9.99. The average Bonchev–Trinajstić information content (AvgIpc) is 3.25. The number of rotatable bonds is 5. The maximum Gasteiger partial charge on any atom is 0.253 e. The van der Waals surface area contributed by atoms with Crippen LogP contribution >= 0.6 is 0 Å². The van der Waals surface area contributed by atoms with E-state index in [4.69, 9.17) is 0 Å². The third-order valence-electron chi connectivity index (χ3n) is 6.22. The summed E-state index contributed by atoms with van der Waals surface area (Å²) in [5.41, 5.74) is 3.28. The molecule has 0 unspecified atom stereocenters. The second kappa shape index (κ2) is 8.63. The highest BCUT2D eigenvalue weighted by atomic mass is 19.1. The van der Waals surface area contributed by atoms with Crippen molar-refractivity contribution in [1.82, 2.24) is 30.1 Å². The molecule has 3 heterocycles. The van der Waals surface area contributed by atoms with Gasteiger partial charge in [0.2, 0.25) is 0 Å². The molecule has 0 radical (unpaired) electrons. The number of hydrogen-bond acceptors (Lipinski definition) is 5. The van der Waals surface area contributed by atoms with Crippen molar-refractivity contribution in [3.8, 4) is 0 Å². The van der Waals surface area contributed by atoms with Crippen LogP contribution < -0.4 is 5.56 Å². The molecule has 1 aliphatic rings. The van der Waals surface area contributed by atoms with E-state index in [1.807, 2.05) is 31.2 Å². The number of likely N-dealkylation sites (tertiary alicyclic amines) is 1. The molecule has 1 N–H and O–H groups in total. The van der Waals surface area contributed by atoms with Gasteiger partial charge >= 0.3 is 0 Å². The van der Waals surface area contributed by atoms with Crippen molar-refractivity contribution in [3.05, 3.63) is 87.2 Å². The quantitative estimate of drug-likeness (QED) is 0.521. The van der Waals surface area contributed by atoms with Crippen molar-refractivity contribution in [2.45, 2.75) is 38.8 Å². The summed E-state index contributed by atoms with van der Waals surface area (Å²) in [6, 6.07) is 13.9. The molecular weight excluding hydrogens is 407 g/mol. The first-order valence-electron chi connectivity index (χ1n) is 11.0. The minimum Gasteiger partial charge on any atom is -0.321 e. The van der Waals surface area contributed by atoms with E-state index in [0.717, 1.165) is 48.0 Å². The largest absolute Gasteiger partial charge is 0.321 e. The van der Waals surface area contributed by atoms with Gasteiger partial charge in [0, 0.05) is 5.56 Å². The van der Waals surface area contributed by atoms with Crippen LogP contribution in [0.25, 0.3) is 10.9 Å². The molecule has 2 aromatic carbocycles. The number of piperidine rings is 1. The minimum atomic E-state index is -0.362. The molecule has 5 rings (SSSR count). The molecule has 8 heteroatoms. The number of para-hydroxylation sites is 1. The predicted molar refractivity (Wildman–Crippen MR) is 120 cm³/mol. The summed E-state index contributed by atoms with van der Waals surface area (Å²) >= 11 is 0. The number of nitrogens with one attached hydrogen (secondary N) is 1. The summed E-state index contributed by atoms with van der Waals surface area (Å²) in [4.78, 5) is 18.6. The maximum atomic E-state index is 13.3. The van der Waals surface area contributed by atoms with E-state index in [0.29, 0.717) is 17.9 Å². The predicted octanol–water partition coefficient (Wildman–Crippen LogP) is 3.59. The highest BCUT2D eigenvalue weighted by Gasteiger charge is 2.31. The van der Waals surface area contributed by atoms with E-state index in [9.17, 15) is 9.18 Å². The summed E-state index contributed by atoms with van der Waals surface area (Å²) in [7, 11) is 0. The van der Waals surface area contributed by atoms with E-state index in [-0.39, 0.29) is 17.4 Å². The Bertz CT molecular complexity index is 1290. The van der Waals surface area contributed by atoms with Crippen LogP contribution in [0.5, 0.6) is 0 Å². The zero-order valence-electron chi connectivity index (χ0n) is 18.0. The van der Waals surface area contributed by atoms with Gasteiger partial charge in [0.15, 0.2) is 5.82 Å². The SMILES string of the molecule is Cc1cccc2cc([C@@H](c3nnnn3Cc3ccc(F)cc3)N3CCCCC3)c(=O)[nH]c12. The third kappa shape index (κ3) is 3.93. The van der Waals surface area contributed by atoms with Crippen molar-refractivity contribution in [3.63, 3.8) is 0 Å². The van der Waals surface area contributed by atoms with Crippen LogP contribution in [0.15, 0.2) is 53.3 Å². The molecule has 4 aromatic rings. The fourth-order valence-electron chi connectivity index (χ4n) is 4.56. The molecule has 7 nitrogen and oxygen atoms in total. The van der Waals surface area contributed by atoms with Crippen molar-refractivity contribution in [2.75, 3.05) is 13.1 Å². The molecule has 164 valence electrons. The first kappa shape index (κ1) is 20.5. The monoisotopic (exact) mass is 432 g/mol. The van der Waals surface area contributed by atoms with Gasteiger partial charge in [0.05, 0.1) is 12.1 Å². The molecule has 1 fully saturated rings. The maximum absolute atomic E-state index is 13.3. The van der Waals surface area contributed by atoms with Crippen LogP contribution in [-0.4, -0.2) is 43.2 Å². The van der Waals surface area contributed by atoms with E-state index >= 15 is 0 Å². The second-order valence-electron chi connectivity index (χ2n) is 8.41. The van der Waals surface area contributed by atoms with Crippen molar-refractivity contribution in [2.24, 2.45) is 0 Å². The second-order valence-corrected chi connectivity index (χ2v) is 8.41. The lowest BCUT2D eigenvalue weighted by Gasteiger charge is -2.33. The van der Waals surface area contributed by atoms with Gasteiger partial charge in [-0.15, -0.1) is 5.10 Å². The Morgan fingerprint density at radius 1 is 1.09 bits per heavy atom. The van der Waals surface area contributed by atoms with Crippen molar-refractivity contribution < 1.29 is 4.39 Å². The van der Waals surface area contributed by atoms with E-state index in [2.05, 4.69) is 25.4 Å². The van der Waals surface area contributed by atoms with Gasteiger partial charge in [-0.2, -0.15) is 0 Å². The summed E-state index contributed by atoms with van der Waals surface area (Å²) in [6.45, 7) is 4.14. The molecule has 1 saturated heterocycles. The number of tetrazole rings is 1.